The summed E-state index contributed by atoms with van der Waals surface area (Å²) in [6.07, 6.45) is 4.03. The molecule has 0 spiro atoms. The number of nitrogens with zero attached hydrogens (tertiary/aromatic N) is 2. The lowest BCUT2D eigenvalue weighted by atomic mass is 10.0. The van der Waals surface area contributed by atoms with Crippen LogP contribution in [0, 0.1) is 11.7 Å². The molecule has 0 aliphatic carbocycles. The van der Waals surface area contributed by atoms with Crippen molar-refractivity contribution in [2.45, 2.75) is 38.8 Å². The first-order chi connectivity index (χ1) is 8.59. The number of aryl methyl sites for hydroxylation is 1. The molecule has 96 valence electrons. The van der Waals surface area contributed by atoms with Gasteiger partial charge in [-0.05, 0) is 50.5 Å². The number of hydrogen-bond donors (Lipinski definition) is 1. The molecule has 1 atom stereocenters. The summed E-state index contributed by atoms with van der Waals surface area (Å²) in [5.41, 5.74) is 3.02. The Kier molecular flexibility index (Phi) is 2.75. The van der Waals surface area contributed by atoms with Crippen molar-refractivity contribution in [3.05, 3.63) is 22.6 Å². The molecule has 1 aliphatic heterocycles. The molecule has 1 aliphatic rings. The predicted octanol–water partition coefficient (Wildman–Crippen LogP) is 2.97. The second-order valence-electron chi connectivity index (χ2n) is 5.24. The molecule has 1 fully saturated rings. The highest BCUT2D eigenvalue weighted by atomic mass is 32.1. The van der Waals surface area contributed by atoms with Crippen LogP contribution in [0.4, 0.5) is 0 Å². The molecule has 0 bridgehead atoms. The smallest absolute Gasteiger partial charge is 0.179 e. The molecule has 1 saturated heterocycles. The van der Waals surface area contributed by atoms with E-state index in [9.17, 15) is 0 Å². The quantitative estimate of drug-likeness (QED) is 0.847. The zero-order valence-electron chi connectivity index (χ0n) is 10.7. The van der Waals surface area contributed by atoms with Crippen molar-refractivity contribution < 1.29 is 4.74 Å². The fraction of sp³-hybridized carbons (Fsp3) is 0.538. The molecular formula is C13H17N3OS. The topological polar surface area (TPSA) is 42.8 Å². The van der Waals surface area contributed by atoms with Crippen molar-refractivity contribution in [1.82, 2.24) is 14.5 Å². The molecule has 0 amide bonds. The monoisotopic (exact) mass is 263 g/mol. The molecule has 5 heteroatoms. The lowest BCUT2D eigenvalue weighted by Crippen LogP contribution is -2.29. The molecule has 2 aromatic rings. The molecule has 0 saturated carbocycles. The Labute approximate surface area is 111 Å². The first-order valence-corrected chi connectivity index (χ1v) is 6.68. The van der Waals surface area contributed by atoms with Crippen LogP contribution >= 0.6 is 12.2 Å². The van der Waals surface area contributed by atoms with E-state index in [1.54, 1.807) is 0 Å². The largest absolute Gasteiger partial charge is 0.373 e. The minimum atomic E-state index is -0.112. The molecule has 18 heavy (non-hydrogen) atoms. The number of pyridine rings is 1. The third-order valence-corrected chi connectivity index (χ3v) is 3.99. The Morgan fingerprint density at radius 1 is 1.61 bits per heavy atom. The van der Waals surface area contributed by atoms with E-state index in [0.717, 1.165) is 41.9 Å². The summed E-state index contributed by atoms with van der Waals surface area (Å²) in [4.78, 5) is 7.69. The van der Waals surface area contributed by atoms with Crippen LogP contribution in [0.15, 0.2) is 12.3 Å². The van der Waals surface area contributed by atoms with Crippen molar-refractivity contribution in [2.24, 2.45) is 0 Å². The lowest BCUT2D eigenvalue weighted by Gasteiger charge is -2.23. The maximum atomic E-state index is 5.84. The van der Waals surface area contributed by atoms with E-state index in [1.807, 2.05) is 12.3 Å². The van der Waals surface area contributed by atoms with Gasteiger partial charge in [0.25, 0.3) is 0 Å². The van der Waals surface area contributed by atoms with Gasteiger partial charge < -0.3 is 9.72 Å². The minimum absolute atomic E-state index is 0.112. The van der Waals surface area contributed by atoms with E-state index in [-0.39, 0.29) is 5.60 Å². The maximum absolute atomic E-state index is 5.84. The van der Waals surface area contributed by atoms with E-state index >= 15 is 0 Å². The zero-order valence-corrected chi connectivity index (χ0v) is 11.5. The first-order valence-electron chi connectivity index (χ1n) is 6.27. The molecule has 3 heterocycles. The van der Waals surface area contributed by atoms with Gasteiger partial charge in [-0.15, -0.1) is 0 Å². The molecule has 2 aromatic heterocycles. The van der Waals surface area contributed by atoms with Gasteiger partial charge in [-0.25, -0.2) is 4.98 Å². The van der Waals surface area contributed by atoms with Gasteiger partial charge in [-0.1, -0.05) is 0 Å². The molecule has 4 nitrogen and oxygen atoms in total. The zero-order chi connectivity index (χ0) is 12.8. The molecule has 3 rings (SSSR count). The highest BCUT2D eigenvalue weighted by Crippen LogP contribution is 2.28. The van der Waals surface area contributed by atoms with Gasteiger partial charge in [0.05, 0.1) is 17.7 Å². The second-order valence-corrected chi connectivity index (χ2v) is 5.63. The fourth-order valence-corrected chi connectivity index (χ4v) is 2.87. The number of aromatic nitrogens is 3. The minimum Gasteiger partial charge on any atom is -0.373 e. The number of rotatable bonds is 2. The predicted molar refractivity (Wildman–Crippen MR) is 73.2 cm³/mol. The Morgan fingerprint density at radius 3 is 3.17 bits per heavy atom. The van der Waals surface area contributed by atoms with Gasteiger partial charge in [-0.2, -0.15) is 0 Å². The van der Waals surface area contributed by atoms with E-state index in [4.69, 9.17) is 17.0 Å². The maximum Gasteiger partial charge on any atom is 0.179 e. The van der Waals surface area contributed by atoms with Gasteiger partial charge in [0.15, 0.2) is 10.4 Å². The van der Waals surface area contributed by atoms with Crippen LogP contribution in [0.2, 0.25) is 0 Å². The SMILES string of the molecule is Cc1ccnc2c1[nH]c(=S)n2CC1(C)CCCO1. The highest BCUT2D eigenvalue weighted by molar-refractivity contribution is 7.71. The van der Waals surface area contributed by atoms with Gasteiger partial charge in [0.1, 0.15) is 0 Å². The van der Waals surface area contributed by atoms with Crippen molar-refractivity contribution in [3.8, 4) is 0 Å². The van der Waals surface area contributed by atoms with Crippen LogP contribution in [0.1, 0.15) is 25.3 Å². The molecule has 0 radical (unpaired) electrons. The molecular weight excluding hydrogens is 246 g/mol. The van der Waals surface area contributed by atoms with Crippen LogP contribution in [-0.4, -0.2) is 26.7 Å². The van der Waals surface area contributed by atoms with Gasteiger partial charge >= 0.3 is 0 Å². The molecule has 0 aromatic carbocycles. The Balaban J connectivity index is 2.09. The van der Waals surface area contributed by atoms with Gasteiger partial charge in [-0.3, -0.25) is 4.57 Å². The highest BCUT2D eigenvalue weighted by Gasteiger charge is 2.31. The summed E-state index contributed by atoms with van der Waals surface area (Å²) in [7, 11) is 0. The molecule has 1 unspecified atom stereocenters. The van der Waals surface area contributed by atoms with Crippen molar-refractivity contribution >= 4 is 23.4 Å². The molecule has 1 N–H and O–H groups in total. The van der Waals surface area contributed by atoms with E-state index in [1.165, 1.54) is 5.56 Å². The van der Waals surface area contributed by atoms with Gasteiger partial charge in [0, 0.05) is 12.8 Å². The number of fused-ring (bicyclic) bond motifs is 1. The number of hydrogen-bond acceptors (Lipinski definition) is 3. The van der Waals surface area contributed by atoms with Crippen molar-refractivity contribution in [2.75, 3.05) is 6.61 Å². The van der Waals surface area contributed by atoms with E-state index in [0.29, 0.717) is 0 Å². The summed E-state index contributed by atoms with van der Waals surface area (Å²) in [6, 6.07) is 1.99. The van der Waals surface area contributed by atoms with E-state index in [2.05, 4.69) is 28.4 Å². The van der Waals surface area contributed by atoms with Crippen molar-refractivity contribution in [3.63, 3.8) is 0 Å². The number of aromatic amines is 1. The third-order valence-electron chi connectivity index (χ3n) is 3.67. The lowest BCUT2D eigenvalue weighted by molar-refractivity contribution is 0.00668. The van der Waals surface area contributed by atoms with Gasteiger partial charge in [0.2, 0.25) is 0 Å². The number of imidazole rings is 1. The van der Waals surface area contributed by atoms with Crippen LogP contribution in [0.25, 0.3) is 11.2 Å². The summed E-state index contributed by atoms with van der Waals surface area (Å²) >= 11 is 5.41. The number of H-pyrrole nitrogens is 1. The fourth-order valence-electron chi connectivity index (χ4n) is 2.62. The second kappa shape index (κ2) is 4.17. The summed E-state index contributed by atoms with van der Waals surface area (Å²) < 4.78 is 8.62. The normalized spacial score (nSPS) is 23.9. The standard InChI is InChI=1S/C13H17N3OS/c1-9-4-6-14-11-10(9)15-12(18)16(11)8-13(2)5-3-7-17-13/h4,6H,3,5,7-8H2,1-2H3,(H,15,18). The summed E-state index contributed by atoms with van der Waals surface area (Å²) in [6.45, 7) is 5.82. The first kappa shape index (κ1) is 11.9. The summed E-state index contributed by atoms with van der Waals surface area (Å²) in [5.74, 6) is 0. The van der Waals surface area contributed by atoms with Crippen LogP contribution in [-0.2, 0) is 11.3 Å². The Morgan fingerprint density at radius 2 is 2.44 bits per heavy atom. The number of nitrogens with one attached hydrogen (secondary N) is 1. The van der Waals surface area contributed by atoms with Crippen molar-refractivity contribution in [1.29, 1.82) is 0 Å². The van der Waals surface area contributed by atoms with E-state index < -0.39 is 0 Å². The Hall–Kier alpha value is -1.20. The summed E-state index contributed by atoms with van der Waals surface area (Å²) in [5, 5.41) is 0. The Bertz CT molecular complexity index is 637. The average molecular weight is 263 g/mol. The van der Waals surface area contributed by atoms with Crippen LogP contribution < -0.4 is 0 Å². The number of ether oxygens (including phenoxy) is 1. The third kappa shape index (κ3) is 1.87. The van der Waals surface area contributed by atoms with Crippen LogP contribution in [0.5, 0.6) is 0 Å². The average Bonchev–Trinajstić information content (AvgIpc) is 2.88. The van der Waals surface area contributed by atoms with Crippen LogP contribution in [0.3, 0.4) is 0 Å².